The number of aryl methyl sites for hydroxylation is 1. The minimum absolute atomic E-state index is 0.237. The first-order chi connectivity index (χ1) is 11.0. The second kappa shape index (κ2) is 7.78. The van der Waals surface area contributed by atoms with Crippen molar-refractivity contribution in [3.63, 3.8) is 0 Å². The summed E-state index contributed by atoms with van der Waals surface area (Å²) >= 11 is 0. The van der Waals surface area contributed by atoms with E-state index in [1.807, 2.05) is 49.0 Å². The minimum atomic E-state index is -0.989. The van der Waals surface area contributed by atoms with Crippen LogP contribution in [0.4, 0.5) is 4.79 Å². The van der Waals surface area contributed by atoms with E-state index in [4.69, 9.17) is 10.5 Å². The van der Waals surface area contributed by atoms with Crippen LogP contribution in [0.15, 0.2) is 30.5 Å². The SMILES string of the molecule is CCCCOC(=O)OC(=O)[C@H](N)Cc1cn(C)c2ccccc12. The lowest BCUT2D eigenvalue weighted by Crippen LogP contribution is -2.35. The number of carbonyl (C=O) groups is 2. The van der Waals surface area contributed by atoms with E-state index in [1.54, 1.807) is 0 Å². The van der Waals surface area contributed by atoms with Crippen LogP contribution in [0.3, 0.4) is 0 Å². The second-order valence-electron chi connectivity index (χ2n) is 5.47. The van der Waals surface area contributed by atoms with Gasteiger partial charge in [-0.25, -0.2) is 9.59 Å². The monoisotopic (exact) mass is 318 g/mol. The molecule has 124 valence electrons. The molecule has 1 atom stereocenters. The van der Waals surface area contributed by atoms with Crippen LogP contribution in [0.5, 0.6) is 0 Å². The summed E-state index contributed by atoms with van der Waals surface area (Å²) in [6, 6.07) is 6.93. The van der Waals surface area contributed by atoms with Gasteiger partial charge in [0, 0.05) is 30.6 Å². The summed E-state index contributed by atoms with van der Waals surface area (Å²) in [7, 11) is 1.93. The van der Waals surface area contributed by atoms with Gasteiger partial charge in [-0.1, -0.05) is 31.5 Å². The number of ether oxygens (including phenoxy) is 2. The molecule has 0 saturated carbocycles. The van der Waals surface area contributed by atoms with Gasteiger partial charge in [0.05, 0.1) is 6.61 Å². The van der Waals surface area contributed by atoms with Crippen molar-refractivity contribution < 1.29 is 19.1 Å². The second-order valence-corrected chi connectivity index (χ2v) is 5.47. The third kappa shape index (κ3) is 4.32. The molecule has 1 aromatic heterocycles. The van der Waals surface area contributed by atoms with Gasteiger partial charge in [0.25, 0.3) is 0 Å². The number of nitrogens with two attached hydrogens (primary N) is 1. The lowest BCUT2D eigenvalue weighted by molar-refractivity contribution is -0.141. The van der Waals surface area contributed by atoms with Crippen molar-refractivity contribution in [2.75, 3.05) is 6.61 Å². The highest BCUT2D eigenvalue weighted by Crippen LogP contribution is 2.21. The van der Waals surface area contributed by atoms with Gasteiger partial charge >= 0.3 is 12.1 Å². The molecule has 0 unspecified atom stereocenters. The largest absolute Gasteiger partial charge is 0.516 e. The Kier molecular flexibility index (Phi) is 5.76. The number of aromatic nitrogens is 1. The number of esters is 1. The summed E-state index contributed by atoms with van der Waals surface area (Å²) in [5, 5.41) is 1.03. The average molecular weight is 318 g/mol. The van der Waals surface area contributed by atoms with Crippen LogP contribution in [0.2, 0.25) is 0 Å². The van der Waals surface area contributed by atoms with E-state index in [-0.39, 0.29) is 6.61 Å². The molecule has 23 heavy (non-hydrogen) atoms. The highest BCUT2D eigenvalue weighted by Gasteiger charge is 2.21. The van der Waals surface area contributed by atoms with Gasteiger partial charge in [-0.15, -0.1) is 0 Å². The number of hydrogen-bond acceptors (Lipinski definition) is 5. The van der Waals surface area contributed by atoms with E-state index < -0.39 is 18.2 Å². The molecule has 0 radical (unpaired) electrons. The summed E-state index contributed by atoms with van der Waals surface area (Å²) in [5.41, 5.74) is 7.86. The summed E-state index contributed by atoms with van der Waals surface area (Å²) < 4.78 is 11.4. The fourth-order valence-electron chi connectivity index (χ4n) is 2.40. The quantitative estimate of drug-likeness (QED) is 0.503. The number of para-hydroxylation sites is 1. The normalized spacial score (nSPS) is 12.1. The topological polar surface area (TPSA) is 83.6 Å². The molecule has 2 rings (SSSR count). The Labute approximate surface area is 135 Å². The highest BCUT2D eigenvalue weighted by molar-refractivity contribution is 5.88. The first-order valence-corrected chi connectivity index (χ1v) is 7.70. The molecule has 0 amide bonds. The van der Waals surface area contributed by atoms with Crippen molar-refractivity contribution in [2.24, 2.45) is 12.8 Å². The van der Waals surface area contributed by atoms with Crippen LogP contribution in [0.25, 0.3) is 10.9 Å². The number of benzene rings is 1. The fraction of sp³-hybridized carbons (Fsp3) is 0.412. The predicted octanol–water partition coefficient (Wildman–Crippen LogP) is 2.53. The predicted molar refractivity (Wildman–Crippen MR) is 86.9 cm³/mol. The molecule has 2 aromatic rings. The molecule has 2 N–H and O–H groups in total. The summed E-state index contributed by atoms with van der Waals surface area (Å²) in [5.74, 6) is -0.778. The third-order valence-electron chi connectivity index (χ3n) is 3.62. The number of unbranched alkanes of at least 4 members (excludes halogenated alkanes) is 1. The van der Waals surface area contributed by atoms with E-state index in [0.29, 0.717) is 6.42 Å². The number of nitrogens with zero attached hydrogens (tertiary/aromatic N) is 1. The first kappa shape index (κ1) is 17.0. The zero-order valence-corrected chi connectivity index (χ0v) is 13.5. The van der Waals surface area contributed by atoms with Crippen LogP contribution >= 0.6 is 0 Å². The zero-order valence-electron chi connectivity index (χ0n) is 13.5. The third-order valence-corrected chi connectivity index (χ3v) is 3.62. The van der Waals surface area contributed by atoms with E-state index in [9.17, 15) is 9.59 Å². The Morgan fingerprint density at radius 2 is 2.04 bits per heavy atom. The Morgan fingerprint density at radius 1 is 1.30 bits per heavy atom. The van der Waals surface area contributed by atoms with E-state index in [0.717, 1.165) is 29.3 Å². The molecular formula is C17H22N2O4. The molecule has 0 saturated heterocycles. The summed E-state index contributed by atoms with van der Waals surface area (Å²) in [6.45, 7) is 2.21. The van der Waals surface area contributed by atoms with Gasteiger partial charge in [-0.05, 0) is 18.1 Å². The zero-order chi connectivity index (χ0) is 16.8. The molecule has 0 bridgehead atoms. The lowest BCUT2D eigenvalue weighted by Gasteiger charge is -2.10. The van der Waals surface area contributed by atoms with Gasteiger partial charge < -0.3 is 19.8 Å². The highest BCUT2D eigenvalue weighted by atomic mass is 16.7. The van der Waals surface area contributed by atoms with E-state index >= 15 is 0 Å². The molecule has 1 aromatic carbocycles. The standard InChI is InChI=1S/C17H22N2O4/c1-3-4-9-22-17(21)23-16(20)14(18)10-12-11-19(2)15-8-6-5-7-13(12)15/h5-8,11,14H,3-4,9-10,18H2,1-2H3/t14-/m1/s1. The van der Waals surface area contributed by atoms with Crippen LogP contribution in [0, 0.1) is 0 Å². The molecule has 0 aliphatic carbocycles. The smallest absolute Gasteiger partial charge is 0.434 e. The van der Waals surface area contributed by atoms with Crippen molar-refractivity contribution in [1.82, 2.24) is 4.57 Å². The number of hydrogen-bond donors (Lipinski definition) is 1. The molecule has 1 heterocycles. The maximum atomic E-state index is 11.9. The van der Waals surface area contributed by atoms with Crippen molar-refractivity contribution >= 4 is 23.0 Å². The van der Waals surface area contributed by atoms with Crippen LogP contribution in [-0.2, 0) is 27.7 Å². The van der Waals surface area contributed by atoms with E-state index in [2.05, 4.69) is 4.74 Å². The van der Waals surface area contributed by atoms with Crippen molar-refractivity contribution in [3.8, 4) is 0 Å². The van der Waals surface area contributed by atoms with E-state index in [1.165, 1.54) is 0 Å². The molecule has 0 aliphatic heterocycles. The maximum absolute atomic E-state index is 11.9. The molecule has 0 spiro atoms. The van der Waals surface area contributed by atoms with Crippen LogP contribution < -0.4 is 5.73 Å². The lowest BCUT2D eigenvalue weighted by atomic mass is 10.1. The van der Waals surface area contributed by atoms with Gasteiger partial charge in [0.1, 0.15) is 6.04 Å². The fourth-order valence-corrected chi connectivity index (χ4v) is 2.40. The molecular weight excluding hydrogens is 296 g/mol. The van der Waals surface area contributed by atoms with Gasteiger partial charge in [-0.3, -0.25) is 0 Å². The molecule has 6 heteroatoms. The summed E-state index contributed by atoms with van der Waals surface area (Å²) in [6.07, 6.45) is 2.85. The first-order valence-electron chi connectivity index (χ1n) is 7.70. The number of rotatable bonds is 6. The van der Waals surface area contributed by atoms with Crippen molar-refractivity contribution in [3.05, 3.63) is 36.0 Å². The van der Waals surface area contributed by atoms with Gasteiger partial charge in [-0.2, -0.15) is 0 Å². The van der Waals surface area contributed by atoms with Crippen LogP contribution in [-0.4, -0.2) is 29.3 Å². The number of carbonyl (C=O) groups excluding carboxylic acids is 2. The molecule has 0 fully saturated rings. The minimum Gasteiger partial charge on any atom is -0.434 e. The Hall–Kier alpha value is -2.34. The van der Waals surface area contributed by atoms with Crippen LogP contribution in [0.1, 0.15) is 25.3 Å². The Balaban J connectivity index is 1.96. The Bertz CT molecular complexity index is 693. The van der Waals surface area contributed by atoms with Crippen molar-refractivity contribution in [2.45, 2.75) is 32.2 Å². The average Bonchev–Trinajstić information content (AvgIpc) is 2.84. The molecule has 6 nitrogen and oxygen atoms in total. The van der Waals surface area contributed by atoms with Gasteiger partial charge in [0.15, 0.2) is 0 Å². The summed E-state index contributed by atoms with van der Waals surface area (Å²) in [4.78, 5) is 23.3. The van der Waals surface area contributed by atoms with Crippen molar-refractivity contribution in [1.29, 1.82) is 0 Å². The van der Waals surface area contributed by atoms with Gasteiger partial charge in [0.2, 0.25) is 0 Å². The maximum Gasteiger partial charge on any atom is 0.516 e. The Morgan fingerprint density at radius 3 is 2.78 bits per heavy atom. The number of fused-ring (bicyclic) bond motifs is 1. The molecule has 0 aliphatic rings.